The molecule has 12 heteroatoms. The van der Waals surface area contributed by atoms with Gasteiger partial charge >= 0.3 is 23.6 Å². The Bertz CT molecular complexity index is 1180. The van der Waals surface area contributed by atoms with Gasteiger partial charge in [0.15, 0.2) is 18.4 Å². The van der Waals surface area contributed by atoms with Gasteiger partial charge in [0.25, 0.3) is 0 Å². The van der Waals surface area contributed by atoms with Crippen LogP contribution in [0.1, 0.15) is 33.9 Å². The summed E-state index contributed by atoms with van der Waals surface area (Å²) in [7, 11) is 0. The van der Waals surface area contributed by atoms with Gasteiger partial charge in [0.2, 0.25) is 5.91 Å². The van der Waals surface area contributed by atoms with Crippen LogP contribution in [-0.4, -0.2) is 58.3 Å². The van der Waals surface area contributed by atoms with Crippen LogP contribution in [0.25, 0.3) is 11.1 Å². The number of benzene rings is 1. The number of anilines is 1. The molecule has 0 bridgehead atoms. The number of nitrogens with zero attached hydrogens (tertiary/aromatic N) is 2. The van der Waals surface area contributed by atoms with Crippen LogP contribution in [0.5, 0.6) is 0 Å². The molecule has 2 aromatic rings. The maximum absolute atomic E-state index is 13.0. The molecule has 1 aliphatic heterocycles. The van der Waals surface area contributed by atoms with Crippen molar-refractivity contribution < 1.29 is 38.1 Å². The molecule has 1 fully saturated rings. The molecule has 0 unspecified atom stereocenters. The minimum atomic E-state index is -1.28. The van der Waals surface area contributed by atoms with Crippen molar-refractivity contribution >= 4 is 29.6 Å². The van der Waals surface area contributed by atoms with E-state index in [0.29, 0.717) is 11.1 Å². The number of carbonyl (C=O) groups is 4. The van der Waals surface area contributed by atoms with Crippen LogP contribution in [-0.2, 0) is 38.1 Å². The fourth-order valence-electron chi connectivity index (χ4n) is 3.66. The van der Waals surface area contributed by atoms with E-state index < -0.39 is 54.0 Å². The molecule has 0 aliphatic carbocycles. The van der Waals surface area contributed by atoms with Crippen molar-refractivity contribution in [2.45, 2.75) is 52.2 Å². The van der Waals surface area contributed by atoms with E-state index in [1.54, 1.807) is 30.3 Å². The number of nitrogens with one attached hydrogen (secondary N) is 1. The molecule has 1 N–H and O–H groups in total. The van der Waals surface area contributed by atoms with E-state index >= 15 is 0 Å². The SMILES string of the molecule is CC(=O)Nc1nc(=O)n([C@@H]2O[C@H](COC(C)=O)[C@@H](OC(C)=O)[C@@H]2OC(C)=O)cc1-c1ccccc1. The number of aromatic nitrogens is 2. The van der Waals surface area contributed by atoms with Crippen molar-refractivity contribution in [2.24, 2.45) is 0 Å². The molecule has 1 aromatic heterocycles. The first-order valence-electron chi connectivity index (χ1n) is 10.7. The summed E-state index contributed by atoms with van der Waals surface area (Å²) in [5.41, 5.74) is 0.191. The average Bonchev–Trinajstić information content (AvgIpc) is 3.08. The first-order chi connectivity index (χ1) is 16.6. The van der Waals surface area contributed by atoms with Crippen molar-refractivity contribution in [1.82, 2.24) is 9.55 Å². The molecule has 0 radical (unpaired) electrons. The number of hydrogen-bond donors (Lipinski definition) is 1. The second-order valence-corrected chi connectivity index (χ2v) is 7.76. The zero-order chi connectivity index (χ0) is 25.7. The Hall–Kier alpha value is -4.06. The minimum Gasteiger partial charge on any atom is -0.463 e. The van der Waals surface area contributed by atoms with Crippen LogP contribution in [0.15, 0.2) is 41.3 Å². The smallest absolute Gasteiger partial charge is 0.351 e. The highest BCUT2D eigenvalue weighted by molar-refractivity contribution is 5.92. The first-order valence-corrected chi connectivity index (χ1v) is 10.7. The molecule has 3 rings (SSSR count). The molecule has 2 heterocycles. The second kappa shape index (κ2) is 10.9. The highest BCUT2D eigenvalue weighted by Crippen LogP contribution is 2.35. The first kappa shape index (κ1) is 25.6. The van der Waals surface area contributed by atoms with Crippen molar-refractivity contribution in [3.05, 3.63) is 47.0 Å². The molecule has 35 heavy (non-hydrogen) atoms. The van der Waals surface area contributed by atoms with Gasteiger partial charge < -0.3 is 24.3 Å². The zero-order valence-corrected chi connectivity index (χ0v) is 19.5. The summed E-state index contributed by atoms with van der Waals surface area (Å²) >= 11 is 0. The Kier molecular flexibility index (Phi) is 7.97. The largest absolute Gasteiger partial charge is 0.463 e. The van der Waals surface area contributed by atoms with Crippen LogP contribution in [0.4, 0.5) is 5.82 Å². The number of hydrogen-bond acceptors (Lipinski definition) is 10. The summed E-state index contributed by atoms with van der Waals surface area (Å²) in [6.07, 6.45) is -3.36. The Morgan fingerprint density at radius 2 is 1.60 bits per heavy atom. The Labute approximate surface area is 200 Å². The lowest BCUT2D eigenvalue weighted by molar-refractivity contribution is -0.166. The van der Waals surface area contributed by atoms with Crippen LogP contribution in [0.3, 0.4) is 0 Å². The lowest BCUT2D eigenvalue weighted by Gasteiger charge is -2.24. The van der Waals surface area contributed by atoms with E-state index in [-0.39, 0.29) is 12.4 Å². The molecule has 1 aliphatic rings. The van der Waals surface area contributed by atoms with Gasteiger partial charge in [-0.3, -0.25) is 23.7 Å². The molecule has 12 nitrogen and oxygen atoms in total. The summed E-state index contributed by atoms with van der Waals surface area (Å²) in [5, 5.41) is 2.53. The molecule has 186 valence electrons. The van der Waals surface area contributed by atoms with E-state index in [4.69, 9.17) is 18.9 Å². The van der Waals surface area contributed by atoms with Crippen molar-refractivity contribution in [1.29, 1.82) is 0 Å². The van der Waals surface area contributed by atoms with Crippen molar-refractivity contribution in [2.75, 3.05) is 11.9 Å². The normalized spacial score (nSPS) is 21.1. The predicted octanol–water partition coefficient (Wildman–Crippen LogP) is 1.19. The van der Waals surface area contributed by atoms with Gasteiger partial charge in [-0.25, -0.2) is 4.79 Å². The summed E-state index contributed by atoms with van der Waals surface area (Å²) in [5.74, 6) is -2.42. The molecule has 0 saturated carbocycles. The third-order valence-corrected chi connectivity index (χ3v) is 4.95. The van der Waals surface area contributed by atoms with E-state index in [2.05, 4.69) is 10.3 Å². The van der Waals surface area contributed by atoms with Crippen LogP contribution < -0.4 is 11.0 Å². The van der Waals surface area contributed by atoms with Crippen molar-refractivity contribution in [3.63, 3.8) is 0 Å². The third kappa shape index (κ3) is 6.29. The Balaban J connectivity index is 2.12. The van der Waals surface area contributed by atoms with E-state index in [1.807, 2.05) is 0 Å². The molecular weight excluding hydrogens is 462 g/mol. The van der Waals surface area contributed by atoms with E-state index in [1.165, 1.54) is 20.0 Å². The topological polar surface area (TPSA) is 152 Å². The summed E-state index contributed by atoms with van der Waals surface area (Å²) in [6, 6.07) is 8.83. The molecule has 4 atom stereocenters. The predicted molar refractivity (Wildman–Crippen MR) is 120 cm³/mol. The van der Waals surface area contributed by atoms with Gasteiger partial charge in [0, 0.05) is 39.5 Å². The molecular formula is C23H25N3O9. The van der Waals surface area contributed by atoms with Gasteiger partial charge in [-0.1, -0.05) is 30.3 Å². The van der Waals surface area contributed by atoms with Crippen molar-refractivity contribution in [3.8, 4) is 11.1 Å². The molecule has 1 saturated heterocycles. The lowest BCUT2D eigenvalue weighted by Crippen LogP contribution is -2.42. The minimum absolute atomic E-state index is 0.0278. The summed E-state index contributed by atoms with van der Waals surface area (Å²) in [6.45, 7) is 4.46. The Morgan fingerprint density at radius 3 is 2.17 bits per heavy atom. The van der Waals surface area contributed by atoms with Gasteiger partial charge in [-0.05, 0) is 5.56 Å². The second-order valence-electron chi connectivity index (χ2n) is 7.76. The Morgan fingerprint density at radius 1 is 0.971 bits per heavy atom. The zero-order valence-electron chi connectivity index (χ0n) is 19.5. The number of rotatable bonds is 7. The average molecular weight is 487 g/mol. The fraction of sp³-hybridized carbons (Fsp3) is 0.391. The number of carbonyl (C=O) groups excluding carboxylic acids is 4. The highest BCUT2D eigenvalue weighted by Gasteiger charge is 2.51. The maximum Gasteiger partial charge on any atom is 0.351 e. The van der Waals surface area contributed by atoms with E-state index in [0.717, 1.165) is 18.4 Å². The number of esters is 3. The highest BCUT2D eigenvalue weighted by atomic mass is 16.7. The van der Waals surface area contributed by atoms with E-state index in [9.17, 15) is 24.0 Å². The lowest BCUT2D eigenvalue weighted by atomic mass is 10.1. The van der Waals surface area contributed by atoms with Crippen LogP contribution in [0.2, 0.25) is 0 Å². The van der Waals surface area contributed by atoms with Gasteiger partial charge in [0.1, 0.15) is 18.5 Å². The number of ether oxygens (including phenoxy) is 4. The fourth-order valence-corrected chi connectivity index (χ4v) is 3.66. The number of amides is 1. The quantitative estimate of drug-likeness (QED) is 0.445. The molecule has 1 amide bonds. The van der Waals surface area contributed by atoms with Crippen LogP contribution >= 0.6 is 0 Å². The molecule has 0 spiro atoms. The van der Waals surface area contributed by atoms with Crippen LogP contribution in [0, 0.1) is 0 Å². The summed E-state index contributed by atoms with van der Waals surface area (Å²) < 4.78 is 22.7. The summed E-state index contributed by atoms with van der Waals surface area (Å²) in [4.78, 5) is 63.7. The maximum atomic E-state index is 13.0. The third-order valence-electron chi connectivity index (χ3n) is 4.95. The monoisotopic (exact) mass is 487 g/mol. The molecule has 1 aromatic carbocycles. The van der Waals surface area contributed by atoms with Gasteiger partial charge in [-0.15, -0.1) is 0 Å². The van der Waals surface area contributed by atoms with Gasteiger partial charge in [0.05, 0.1) is 0 Å². The van der Waals surface area contributed by atoms with Gasteiger partial charge in [-0.2, -0.15) is 4.98 Å². The standard InChI is InChI=1S/C23H25N3O9/c1-12(27)24-21-17(16-8-6-5-7-9-16)10-26(23(31)25-21)22-20(34-15(4)30)19(33-14(3)29)18(35-22)11-32-13(2)28/h5-10,18-20,22H,11H2,1-4H3,(H,24,25,27,31)/t18-,19-,20+,22-/m1/s1.